The molecule has 6 nitrogen and oxygen atoms in total. The Hall–Kier alpha value is -1.21. The van der Waals surface area contributed by atoms with Crippen LogP contribution in [-0.2, 0) is 9.59 Å². The SMILES string of the molecule is O=C1NC(CO)C(=O)N2CC[C@H](c3c(O)cc(Cl)c(Cl)c3Cl)C[C@H]12. The Morgan fingerprint density at radius 3 is 2.62 bits per heavy atom. The van der Waals surface area contributed by atoms with Crippen molar-refractivity contribution in [2.24, 2.45) is 0 Å². The maximum Gasteiger partial charge on any atom is 0.248 e. The van der Waals surface area contributed by atoms with Crippen molar-refractivity contribution >= 4 is 46.6 Å². The number of nitrogens with zero attached hydrogens (tertiary/aromatic N) is 1. The quantitative estimate of drug-likeness (QED) is 0.670. The van der Waals surface area contributed by atoms with Crippen molar-refractivity contribution in [2.75, 3.05) is 13.2 Å². The molecule has 2 aliphatic rings. The van der Waals surface area contributed by atoms with E-state index in [9.17, 15) is 19.8 Å². The van der Waals surface area contributed by atoms with Crippen molar-refractivity contribution < 1.29 is 19.8 Å². The van der Waals surface area contributed by atoms with Gasteiger partial charge in [-0.25, -0.2) is 0 Å². The first-order valence-corrected chi connectivity index (χ1v) is 8.56. The zero-order valence-corrected chi connectivity index (χ0v) is 14.7. The zero-order chi connectivity index (χ0) is 17.6. The summed E-state index contributed by atoms with van der Waals surface area (Å²) in [6.07, 6.45) is 0.819. The van der Waals surface area contributed by atoms with E-state index < -0.39 is 18.7 Å². The topological polar surface area (TPSA) is 89.9 Å². The third-order valence-electron chi connectivity index (χ3n) is 4.57. The van der Waals surface area contributed by atoms with Gasteiger partial charge in [-0.05, 0) is 18.8 Å². The molecule has 3 atom stereocenters. The summed E-state index contributed by atoms with van der Waals surface area (Å²) in [5.41, 5.74) is 0.440. The van der Waals surface area contributed by atoms with Crippen molar-refractivity contribution in [3.05, 3.63) is 26.7 Å². The minimum absolute atomic E-state index is 0.0800. The smallest absolute Gasteiger partial charge is 0.248 e. The summed E-state index contributed by atoms with van der Waals surface area (Å²) in [4.78, 5) is 26.0. The van der Waals surface area contributed by atoms with Crippen molar-refractivity contribution in [2.45, 2.75) is 30.8 Å². The molecule has 0 bridgehead atoms. The highest BCUT2D eigenvalue weighted by atomic mass is 35.5. The highest BCUT2D eigenvalue weighted by Gasteiger charge is 2.44. The summed E-state index contributed by atoms with van der Waals surface area (Å²) >= 11 is 18.2. The molecule has 24 heavy (non-hydrogen) atoms. The monoisotopic (exact) mass is 392 g/mol. The summed E-state index contributed by atoms with van der Waals surface area (Å²) in [5, 5.41) is 22.4. The number of piperidine rings is 1. The first kappa shape index (κ1) is 17.6. The van der Waals surface area contributed by atoms with Crippen LogP contribution in [-0.4, -0.2) is 52.2 Å². The number of aromatic hydroxyl groups is 1. The number of carbonyl (C=O) groups is 2. The molecular formula is C15H15Cl3N2O4. The number of piperazine rings is 1. The van der Waals surface area contributed by atoms with Gasteiger partial charge < -0.3 is 20.4 Å². The summed E-state index contributed by atoms with van der Waals surface area (Å²) in [5.74, 6) is -0.944. The lowest BCUT2D eigenvalue weighted by molar-refractivity contribution is -0.152. The van der Waals surface area contributed by atoms with Crippen LogP contribution in [0.3, 0.4) is 0 Å². The number of benzene rings is 1. The predicted octanol–water partition coefficient (Wildman–Crippen LogP) is 1.92. The summed E-state index contributed by atoms with van der Waals surface area (Å²) < 4.78 is 0. The standard InChI is InChI=1S/C15H15Cl3N2O4/c16-7-4-10(22)11(13(18)12(7)17)6-1-2-20-9(3-6)14(23)19-8(5-21)15(20)24/h4,6,8-9,21-22H,1-3,5H2,(H,19,23)/t6-,8?,9+/m0/s1. The average molecular weight is 394 g/mol. The number of hydrogen-bond acceptors (Lipinski definition) is 4. The van der Waals surface area contributed by atoms with Crippen molar-refractivity contribution in [3.8, 4) is 5.75 Å². The summed E-state index contributed by atoms with van der Waals surface area (Å²) in [6, 6.07) is -0.234. The van der Waals surface area contributed by atoms with E-state index >= 15 is 0 Å². The average Bonchev–Trinajstić information content (AvgIpc) is 2.56. The van der Waals surface area contributed by atoms with Gasteiger partial charge in [-0.2, -0.15) is 0 Å². The molecule has 2 heterocycles. The minimum atomic E-state index is -0.896. The zero-order valence-electron chi connectivity index (χ0n) is 12.4. The largest absolute Gasteiger partial charge is 0.508 e. The van der Waals surface area contributed by atoms with E-state index in [0.717, 1.165) is 0 Å². The van der Waals surface area contributed by atoms with Crippen molar-refractivity contribution in [3.63, 3.8) is 0 Å². The molecular weight excluding hydrogens is 379 g/mol. The molecule has 3 N–H and O–H groups in total. The van der Waals surface area contributed by atoms with Crippen molar-refractivity contribution in [1.29, 1.82) is 0 Å². The van der Waals surface area contributed by atoms with E-state index in [-0.39, 0.29) is 38.5 Å². The summed E-state index contributed by atoms with van der Waals surface area (Å²) in [6.45, 7) is -0.106. The fraction of sp³-hybridized carbons (Fsp3) is 0.467. The molecule has 0 spiro atoms. The Balaban J connectivity index is 1.90. The number of hydrogen-bond donors (Lipinski definition) is 3. The van der Waals surface area contributed by atoms with Crippen LogP contribution >= 0.6 is 34.8 Å². The van der Waals surface area contributed by atoms with Gasteiger partial charge in [0.25, 0.3) is 0 Å². The number of halogens is 3. The van der Waals surface area contributed by atoms with E-state index in [0.29, 0.717) is 24.9 Å². The van der Waals surface area contributed by atoms with Crippen LogP contribution in [0.5, 0.6) is 5.75 Å². The Morgan fingerprint density at radius 2 is 1.96 bits per heavy atom. The van der Waals surface area contributed by atoms with E-state index in [2.05, 4.69) is 5.32 Å². The van der Waals surface area contributed by atoms with Crippen molar-refractivity contribution in [1.82, 2.24) is 10.2 Å². The number of aliphatic hydroxyl groups excluding tert-OH is 1. The molecule has 2 aliphatic heterocycles. The van der Waals surface area contributed by atoms with Crippen LogP contribution in [0.1, 0.15) is 24.3 Å². The number of fused-ring (bicyclic) bond motifs is 1. The second-order valence-corrected chi connectivity index (χ2v) is 7.09. The van der Waals surface area contributed by atoms with Crippen LogP contribution in [0, 0.1) is 0 Å². The van der Waals surface area contributed by atoms with Gasteiger partial charge in [0.2, 0.25) is 11.8 Å². The molecule has 0 aromatic heterocycles. The van der Waals surface area contributed by atoms with Crippen LogP contribution in [0.25, 0.3) is 0 Å². The third kappa shape index (κ3) is 2.81. The molecule has 1 aromatic rings. The highest BCUT2D eigenvalue weighted by molar-refractivity contribution is 6.48. The Labute approximate surface area is 153 Å². The van der Waals surface area contributed by atoms with Gasteiger partial charge in [-0.1, -0.05) is 34.8 Å². The first-order chi connectivity index (χ1) is 11.3. The molecule has 3 rings (SSSR count). The lowest BCUT2D eigenvalue weighted by atomic mass is 9.83. The van der Waals surface area contributed by atoms with Gasteiger partial charge in [0.15, 0.2) is 0 Å². The fourth-order valence-corrected chi connectivity index (χ4v) is 4.13. The molecule has 0 saturated carbocycles. The number of carbonyl (C=O) groups excluding carboxylic acids is 2. The van der Waals surface area contributed by atoms with Gasteiger partial charge >= 0.3 is 0 Å². The minimum Gasteiger partial charge on any atom is -0.508 e. The van der Waals surface area contributed by atoms with Crippen LogP contribution < -0.4 is 5.32 Å². The van der Waals surface area contributed by atoms with E-state index in [4.69, 9.17) is 34.8 Å². The van der Waals surface area contributed by atoms with Crippen LogP contribution in [0.2, 0.25) is 15.1 Å². The van der Waals surface area contributed by atoms with E-state index in [1.165, 1.54) is 11.0 Å². The number of phenols is 1. The second-order valence-electron chi connectivity index (χ2n) is 5.93. The lowest BCUT2D eigenvalue weighted by Gasteiger charge is -2.44. The van der Waals surface area contributed by atoms with Gasteiger partial charge in [0.1, 0.15) is 17.8 Å². The fourth-order valence-electron chi connectivity index (χ4n) is 3.38. The molecule has 1 unspecified atom stereocenters. The molecule has 2 saturated heterocycles. The van der Waals surface area contributed by atoms with Crippen LogP contribution in [0.15, 0.2) is 6.07 Å². The first-order valence-electron chi connectivity index (χ1n) is 7.43. The number of aliphatic hydroxyl groups is 1. The number of amides is 2. The van der Waals surface area contributed by atoms with Gasteiger partial charge in [-0.15, -0.1) is 0 Å². The normalized spacial score (nSPS) is 27.0. The highest BCUT2D eigenvalue weighted by Crippen LogP contribution is 2.46. The molecule has 130 valence electrons. The third-order valence-corrected chi connectivity index (χ3v) is 5.85. The maximum absolute atomic E-state index is 12.3. The molecule has 1 aromatic carbocycles. The Bertz CT molecular complexity index is 712. The molecule has 9 heteroatoms. The number of rotatable bonds is 2. The molecule has 2 amide bonds. The predicted molar refractivity (Wildman–Crippen MR) is 89.6 cm³/mol. The van der Waals surface area contributed by atoms with E-state index in [1.54, 1.807) is 0 Å². The van der Waals surface area contributed by atoms with E-state index in [1.807, 2.05) is 0 Å². The maximum atomic E-state index is 12.3. The lowest BCUT2D eigenvalue weighted by Crippen LogP contribution is -2.66. The second kappa shape index (κ2) is 6.59. The molecule has 2 fully saturated rings. The van der Waals surface area contributed by atoms with Gasteiger partial charge in [-0.3, -0.25) is 9.59 Å². The van der Waals surface area contributed by atoms with Crippen LogP contribution in [0.4, 0.5) is 0 Å². The number of nitrogens with one attached hydrogen (secondary N) is 1. The molecule has 0 radical (unpaired) electrons. The molecule has 0 aliphatic carbocycles. The van der Waals surface area contributed by atoms with Gasteiger partial charge in [0.05, 0.1) is 21.7 Å². The Kier molecular flexibility index (Phi) is 4.84. The number of phenolic OH excluding ortho intramolecular Hbond substituents is 1. The van der Waals surface area contributed by atoms with Gasteiger partial charge in [0, 0.05) is 18.2 Å². The Morgan fingerprint density at radius 1 is 1.25 bits per heavy atom. The summed E-state index contributed by atoms with van der Waals surface area (Å²) in [7, 11) is 0.